The molecule has 1 nitrogen and oxygen atoms in total. The number of ether oxygens (including phenoxy) is 1. The van der Waals surface area contributed by atoms with Crippen molar-refractivity contribution < 1.29 is 6.16 Å². The molecule has 1 fully saturated rings. The van der Waals surface area contributed by atoms with Gasteiger partial charge in [0.05, 0.1) is 0 Å². The van der Waals surface area contributed by atoms with Gasteiger partial charge in [0, 0.05) is 22.1 Å². The van der Waals surface area contributed by atoms with Gasteiger partial charge in [0.2, 0.25) is 0 Å². The van der Waals surface area contributed by atoms with Crippen LogP contribution in [0.4, 0.5) is 0 Å². The highest BCUT2D eigenvalue weighted by atomic mass is 28.1. The van der Waals surface area contributed by atoms with Crippen molar-refractivity contribution in [3.8, 4) is 0 Å². The van der Waals surface area contributed by atoms with E-state index in [-0.39, 0.29) is 1.43 Å². The smallest absolute Gasteiger partial charge is 0.380 e. The predicted molar refractivity (Wildman–Crippen MR) is 80.8 cm³/mol. The molecule has 0 aromatic rings. The molecular formula is C15H33OSi+. The van der Waals surface area contributed by atoms with Crippen LogP contribution in [0.3, 0.4) is 0 Å². The van der Waals surface area contributed by atoms with E-state index >= 15 is 0 Å². The summed E-state index contributed by atoms with van der Waals surface area (Å²) < 4.78 is 5.99. The van der Waals surface area contributed by atoms with Gasteiger partial charge in [-0.2, -0.15) is 0 Å². The van der Waals surface area contributed by atoms with Gasteiger partial charge in [-0.05, 0) is 25.7 Å². The lowest BCUT2D eigenvalue weighted by Gasteiger charge is -2.34. The molecule has 0 bridgehead atoms. The Morgan fingerprint density at radius 2 is 1.65 bits per heavy atom. The number of hydrogen-bond donors (Lipinski definition) is 0. The summed E-state index contributed by atoms with van der Waals surface area (Å²) >= 11 is 0. The molecule has 0 N–H and O–H groups in total. The Morgan fingerprint density at radius 1 is 1.00 bits per heavy atom. The number of hydrogen-bond acceptors (Lipinski definition) is 1. The van der Waals surface area contributed by atoms with Crippen molar-refractivity contribution in [1.82, 2.24) is 0 Å². The normalized spacial score (nSPS) is 25.2. The van der Waals surface area contributed by atoms with E-state index in [1.165, 1.54) is 87.3 Å². The molecule has 0 saturated carbocycles. The van der Waals surface area contributed by atoms with E-state index in [2.05, 4.69) is 6.92 Å². The van der Waals surface area contributed by atoms with Gasteiger partial charge in [-0.1, -0.05) is 58.3 Å². The maximum absolute atomic E-state index is 5.99. The number of unbranched alkanes of at least 4 members (excludes halogenated alkanes) is 7. The first-order valence-corrected chi connectivity index (χ1v) is 8.91. The Morgan fingerprint density at radius 3 is 2.24 bits per heavy atom. The standard InChI is InChI=1S/C15H32OSi/c1-2-3-4-5-6-7-8-9-12-15(17)13-10-11-14-16-15/h2-14H2,1,17H3/p+1. The van der Waals surface area contributed by atoms with Gasteiger partial charge in [-0.25, -0.2) is 0 Å². The van der Waals surface area contributed by atoms with Gasteiger partial charge in [0.15, 0.2) is 0 Å². The van der Waals surface area contributed by atoms with Crippen LogP contribution in [0.1, 0.15) is 85.4 Å². The van der Waals surface area contributed by atoms with E-state index in [4.69, 9.17) is 4.74 Å². The SMILES string of the molecule is CCCCCCCCCCC1([SiH3])CCCCO1.[H+]. The summed E-state index contributed by atoms with van der Waals surface area (Å²) in [6, 6.07) is 0. The predicted octanol–water partition coefficient (Wildman–Crippen LogP) is 3.89. The molecule has 1 heterocycles. The lowest BCUT2D eigenvalue weighted by atomic mass is 10.0. The van der Waals surface area contributed by atoms with E-state index in [9.17, 15) is 0 Å². The van der Waals surface area contributed by atoms with Crippen LogP contribution >= 0.6 is 0 Å². The van der Waals surface area contributed by atoms with Crippen LogP contribution in [-0.2, 0) is 4.74 Å². The quantitative estimate of drug-likeness (QED) is 0.450. The highest BCUT2D eigenvalue weighted by molar-refractivity contribution is 6.14. The molecule has 0 spiro atoms. The Balaban J connectivity index is 0.00000289. The molecule has 1 aliphatic heterocycles. The summed E-state index contributed by atoms with van der Waals surface area (Å²) in [5.41, 5.74) is 0. The minimum absolute atomic E-state index is 0. The van der Waals surface area contributed by atoms with Crippen molar-refractivity contribution >= 4 is 10.2 Å². The summed E-state index contributed by atoms with van der Waals surface area (Å²) in [5.74, 6) is 0. The fourth-order valence-corrected chi connectivity index (χ4v) is 3.73. The lowest BCUT2D eigenvalue weighted by molar-refractivity contribution is -0.0240. The van der Waals surface area contributed by atoms with Gasteiger partial charge in [-0.15, -0.1) is 0 Å². The average Bonchev–Trinajstić information content (AvgIpc) is 2.33. The highest BCUT2D eigenvalue weighted by Crippen LogP contribution is 2.27. The van der Waals surface area contributed by atoms with Crippen LogP contribution in [0.5, 0.6) is 0 Å². The maximum Gasteiger partial charge on any atom is 1.00 e. The Hall–Kier alpha value is 0.177. The zero-order chi connectivity index (χ0) is 12.4. The molecule has 1 atom stereocenters. The average molecular weight is 258 g/mol. The fourth-order valence-electron chi connectivity index (χ4n) is 2.82. The minimum Gasteiger partial charge on any atom is -0.380 e. The lowest BCUT2D eigenvalue weighted by Crippen LogP contribution is -2.36. The van der Waals surface area contributed by atoms with Gasteiger partial charge in [0.1, 0.15) is 0 Å². The third-order valence-electron chi connectivity index (χ3n) is 4.11. The molecule has 102 valence electrons. The van der Waals surface area contributed by atoms with E-state index in [0.29, 0.717) is 5.22 Å². The second-order valence-corrected chi connectivity index (χ2v) is 7.80. The Labute approximate surface area is 113 Å². The molecule has 0 aliphatic carbocycles. The first-order chi connectivity index (χ1) is 8.27. The molecule has 1 aliphatic rings. The minimum atomic E-state index is 0. The van der Waals surface area contributed by atoms with E-state index in [1.807, 2.05) is 0 Å². The summed E-state index contributed by atoms with van der Waals surface area (Å²) in [6.07, 6.45) is 16.8. The van der Waals surface area contributed by atoms with Gasteiger partial charge in [0.25, 0.3) is 0 Å². The topological polar surface area (TPSA) is 9.23 Å². The third-order valence-corrected chi connectivity index (χ3v) is 5.40. The molecule has 1 rings (SSSR count). The van der Waals surface area contributed by atoms with E-state index in [0.717, 1.165) is 6.61 Å². The van der Waals surface area contributed by atoms with Crippen molar-refractivity contribution in [2.45, 2.75) is 89.2 Å². The second kappa shape index (κ2) is 9.15. The van der Waals surface area contributed by atoms with Gasteiger partial charge < -0.3 is 4.74 Å². The van der Waals surface area contributed by atoms with E-state index < -0.39 is 0 Å². The van der Waals surface area contributed by atoms with Crippen LogP contribution in [0.25, 0.3) is 0 Å². The Kier molecular flexibility index (Phi) is 8.20. The molecule has 17 heavy (non-hydrogen) atoms. The monoisotopic (exact) mass is 257 g/mol. The van der Waals surface area contributed by atoms with Crippen LogP contribution in [0, 0.1) is 0 Å². The first-order valence-electron chi connectivity index (χ1n) is 7.91. The molecule has 1 unspecified atom stereocenters. The molecule has 0 amide bonds. The summed E-state index contributed by atoms with van der Waals surface area (Å²) in [4.78, 5) is 0. The van der Waals surface area contributed by atoms with Crippen molar-refractivity contribution in [3.05, 3.63) is 0 Å². The van der Waals surface area contributed by atoms with Gasteiger partial charge >= 0.3 is 1.43 Å². The van der Waals surface area contributed by atoms with Crippen LogP contribution in [0.15, 0.2) is 0 Å². The maximum atomic E-state index is 5.99. The highest BCUT2D eigenvalue weighted by Gasteiger charge is 2.26. The molecule has 2 heteroatoms. The third kappa shape index (κ3) is 7.25. The van der Waals surface area contributed by atoms with Crippen LogP contribution in [-0.4, -0.2) is 22.1 Å². The van der Waals surface area contributed by atoms with Crippen molar-refractivity contribution in [3.63, 3.8) is 0 Å². The van der Waals surface area contributed by atoms with Crippen molar-refractivity contribution in [2.24, 2.45) is 0 Å². The first kappa shape index (κ1) is 15.2. The van der Waals surface area contributed by atoms with E-state index in [1.54, 1.807) is 0 Å². The summed E-state index contributed by atoms with van der Waals surface area (Å²) in [5, 5.41) is 0.362. The zero-order valence-corrected chi connectivity index (χ0v) is 14.1. The van der Waals surface area contributed by atoms with Gasteiger partial charge in [-0.3, -0.25) is 0 Å². The second-order valence-electron chi connectivity index (χ2n) is 5.98. The molecule has 1 saturated heterocycles. The Bertz CT molecular complexity index is 181. The molecule has 0 aromatic heterocycles. The van der Waals surface area contributed by atoms with Crippen molar-refractivity contribution in [1.29, 1.82) is 0 Å². The molecule has 0 aromatic carbocycles. The summed E-state index contributed by atoms with van der Waals surface area (Å²) in [7, 11) is 1.23. The van der Waals surface area contributed by atoms with Crippen LogP contribution in [0.2, 0.25) is 0 Å². The number of rotatable bonds is 9. The molecule has 0 radical (unpaired) electrons. The van der Waals surface area contributed by atoms with Crippen molar-refractivity contribution in [2.75, 3.05) is 6.61 Å². The largest absolute Gasteiger partial charge is 1.00 e. The molecular weight excluding hydrogens is 224 g/mol. The fraction of sp³-hybridized carbons (Fsp3) is 1.00. The van der Waals surface area contributed by atoms with Crippen LogP contribution < -0.4 is 0 Å². The summed E-state index contributed by atoms with van der Waals surface area (Å²) in [6.45, 7) is 3.31. The zero-order valence-electron chi connectivity index (χ0n) is 13.1.